The van der Waals surface area contributed by atoms with Crippen molar-refractivity contribution in [1.29, 1.82) is 0 Å². The van der Waals surface area contributed by atoms with Crippen molar-refractivity contribution >= 4 is 15.9 Å². The Morgan fingerprint density at radius 1 is 1.37 bits per heavy atom. The number of fused-ring (bicyclic) bond motifs is 3. The summed E-state index contributed by atoms with van der Waals surface area (Å²) < 4.78 is 1.17. The lowest BCUT2D eigenvalue weighted by Crippen LogP contribution is -2.35. The van der Waals surface area contributed by atoms with Gasteiger partial charge in [-0.15, -0.1) is 0 Å². The van der Waals surface area contributed by atoms with Crippen LogP contribution in [0.3, 0.4) is 0 Å². The van der Waals surface area contributed by atoms with Crippen LogP contribution < -0.4 is 5.32 Å². The quantitative estimate of drug-likeness (QED) is 0.757. The predicted molar refractivity (Wildman–Crippen MR) is 81.1 cm³/mol. The number of hydrogen-bond acceptors (Lipinski definition) is 2. The highest BCUT2D eigenvalue weighted by atomic mass is 79.9. The first-order chi connectivity index (χ1) is 8.94. The van der Waals surface area contributed by atoms with Crippen LogP contribution in [-0.2, 0) is 13.0 Å². The molecule has 0 fully saturated rings. The molecule has 0 bridgehead atoms. The molecular formula is C15H18BrN3. The standard InChI is InChI=1S/C15H18BrN3/c1-15(2,3)17-8-13-18-12-7-10-9(14(12)19-13)5-4-6-11(10)16/h4-6,17H,7-8H2,1-3H3,(H,18,19). The highest BCUT2D eigenvalue weighted by Gasteiger charge is 2.24. The second kappa shape index (κ2) is 4.46. The number of aromatic amines is 1. The van der Waals surface area contributed by atoms with E-state index in [9.17, 15) is 0 Å². The summed E-state index contributed by atoms with van der Waals surface area (Å²) in [6, 6.07) is 6.31. The summed E-state index contributed by atoms with van der Waals surface area (Å²) in [5.41, 5.74) is 5.04. The monoisotopic (exact) mass is 319 g/mol. The lowest BCUT2D eigenvalue weighted by atomic mass is 10.1. The Hall–Kier alpha value is -1.13. The molecule has 0 saturated heterocycles. The fourth-order valence-electron chi connectivity index (χ4n) is 2.38. The number of benzene rings is 1. The summed E-state index contributed by atoms with van der Waals surface area (Å²) in [5.74, 6) is 1.02. The third-order valence-corrected chi connectivity index (χ3v) is 4.08. The SMILES string of the molecule is CC(C)(C)NCc1nc2c([nH]1)Cc1c(Br)cccc1-2. The molecule has 0 radical (unpaired) electrons. The maximum absolute atomic E-state index is 4.74. The van der Waals surface area contributed by atoms with Crippen LogP contribution in [0.15, 0.2) is 22.7 Å². The molecule has 3 rings (SSSR count). The number of nitrogens with zero attached hydrogens (tertiary/aromatic N) is 1. The van der Waals surface area contributed by atoms with Crippen molar-refractivity contribution in [2.24, 2.45) is 0 Å². The van der Waals surface area contributed by atoms with E-state index in [0.717, 1.165) is 24.5 Å². The van der Waals surface area contributed by atoms with E-state index in [4.69, 9.17) is 4.98 Å². The molecule has 0 amide bonds. The minimum atomic E-state index is 0.109. The van der Waals surface area contributed by atoms with Gasteiger partial charge in [-0.05, 0) is 32.4 Å². The van der Waals surface area contributed by atoms with Gasteiger partial charge in [0.25, 0.3) is 0 Å². The molecule has 1 aliphatic rings. The Balaban J connectivity index is 1.88. The fourth-order valence-corrected chi connectivity index (χ4v) is 2.89. The second-order valence-corrected chi connectivity index (χ2v) is 6.91. The van der Waals surface area contributed by atoms with Crippen LogP contribution in [0.4, 0.5) is 0 Å². The van der Waals surface area contributed by atoms with Crippen molar-refractivity contribution in [3.63, 3.8) is 0 Å². The third kappa shape index (κ3) is 2.47. The van der Waals surface area contributed by atoms with Gasteiger partial charge < -0.3 is 10.3 Å². The van der Waals surface area contributed by atoms with Crippen molar-refractivity contribution in [3.05, 3.63) is 39.8 Å². The van der Waals surface area contributed by atoms with Crippen molar-refractivity contribution < 1.29 is 0 Å². The molecule has 2 N–H and O–H groups in total. The number of rotatable bonds is 2. The number of nitrogens with one attached hydrogen (secondary N) is 2. The van der Waals surface area contributed by atoms with Gasteiger partial charge in [0.05, 0.1) is 12.2 Å². The highest BCUT2D eigenvalue weighted by Crippen LogP contribution is 2.38. The van der Waals surface area contributed by atoms with Gasteiger partial charge in [0.15, 0.2) is 0 Å². The van der Waals surface area contributed by atoms with Gasteiger partial charge in [-0.1, -0.05) is 28.1 Å². The van der Waals surface area contributed by atoms with Gasteiger partial charge in [0, 0.05) is 27.7 Å². The lowest BCUT2D eigenvalue weighted by Gasteiger charge is -2.19. The van der Waals surface area contributed by atoms with E-state index in [1.54, 1.807) is 0 Å². The minimum Gasteiger partial charge on any atom is -0.344 e. The molecule has 0 saturated carbocycles. The van der Waals surface area contributed by atoms with Crippen molar-refractivity contribution in [2.75, 3.05) is 0 Å². The van der Waals surface area contributed by atoms with E-state index in [0.29, 0.717) is 0 Å². The topological polar surface area (TPSA) is 40.7 Å². The van der Waals surface area contributed by atoms with Crippen molar-refractivity contribution in [1.82, 2.24) is 15.3 Å². The van der Waals surface area contributed by atoms with Crippen molar-refractivity contribution in [2.45, 2.75) is 39.3 Å². The Morgan fingerprint density at radius 3 is 2.89 bits per heavy atom. The summed E-state index contributed by atoms with van der Waals surface area (Å²) in [4.78, 5) is 8.18. The molecule has 1 aromatic carbocycles. The maximum atomic E-state index is 4.74. The first-order valence-electron chi connectivity index (χ1n) is 6.54. The number of aromatic nitrogens is 2. The fraction of sp³-hybridized carbons (Fsp3) is 0.400. The van der Waals surface area contributed by atoms with Gasteiger partial charge in [0.1, 0.15) is 5.82 Å². The van der Waals surface area contributed by atoms with E-state index in [1.807, 2.05) is 0 Å². The third-order valence-electron chi connectivity index (χ3n) is 3.34. The number of halogens is 1. The van der Waals surface area contributed by atoms with Crippen LogP contribution in [0, 0.1) is 0 Å². The molecule has 0 atom stereocenters. The molecule has 1 heterocycles. The Kier molecular flexibility index (Phi) is 3.02. The minimum absolute atomic E-state index is 0.109. The molecule has 1 aliphatic carbocycles. The zero-order valence-corrected chi connectivity index (χ0v) is 13.1. The van der Waals surface area contributed by atoms with Gasteiger partial charge in [0.2, 0.25) is 0 Å². The first-order valence-corrected chi connectivity index (χ1v) is 7.34. The molecule has 0 unspecified atom stereocenters. The Bertz CT molecular complexity index is 623. The summed E-state index contributed by atoms with van der Waals surface area (Å²) in [7, 11) is 0. The van der Waals surface area contributed by atoms with Crippen LogP contribution in [-0.4, -0.2) is 15.5 Å². The summed E-state index contributed by atoms with van der Waals surface area (Å²) in [5, 5.41) is 3.46. The lowest BCUT2D eigenvalue weighted by molar-refractivity contribution is 0.418. The molecule has 0 aliphatic heterocycles. The van der Waals surface area contributed by atoms with E-state index >= 15 is 0 Å². The van der Waals surface area contributed by atoms with E-state index in [1.165, 1.54) is 21.3 Å². The number of hydrogen-bond donors (Lipinski definition) is 2. The molecule has 4 heteroatoms. The maximum Gasteiger partial charge on any atom is 0.121 e. The van der Waals surface area contributed by atoms with Gasteiger partial charge in [-0.2, -0.15) is 0 Å². The van der Waals surface area contributed by atoms with Crippen LogP contribution in [0.25, 0.3) is 11.3 Å². The van der Waals surface area contributed by atoms with E-state index < -0.39 is 0 Å². The summed E-state index contributed by atoms with van der Waals surface area (Å²) in [6.07, 6.45) is 0.939. The van der Waals surface area contributed by atoms with Gasteiger partial charge >= 0.3 is 0 Å². The molecule has 1 aromatic heterocycles. The second-order valence-electron chi connectivity index (χ2n) is 6.06. The largest absolute Gasteiger partial charge is 0.344 e. The van der Waals surface area contributed by atoms with Crippen LogP contribution in [0.2, 0.25) is 0 Å². The average Bonchev–Trinajstić information content (AvgIpc) is 2.84. The zero-order chi connectivity index (χ0) is 13.6. The molecule has 3 nitrogen and oxygen atoms in total. The highest BCUT2D eigenvalue weighted by molar-refractivity contribution is 9.10. The predicted octanol–water partition coefficient (Wildman–Crippen LogP) is 3.63. The van der Waals surface area contributed by atoms with E-state index in [2.05, 4.69) is 65.2 Å². The molecular weight excluding hydrogens is 302 g/mol. The first kappa shape index (κ1) is 12.9. The van der Waals surface area contributed by atoms with Crippen LogP contribution >= 0.6 is 15.9 Å². The molecule has 100 valence electrons. The molecule has 19 heavy (non-hydrogen) atoms. The zero-order valence-electron chi connectivity index (χ0n) is 11.5. The molecule has 2 aromatic rings. The molecule has 0 spiro atoms. The van der Waals surface area contributed by atoms with Gasteiger partial charge in [-0.3, -0.25) is 0 Å². The van der Waals surface area contributed by atoms with E-state index in [-0.39, 0.29) is 5.54 Å². The van der Waals surface area contributed by atoms with Crippen molar-refractivity contribution in [3.8, 4) is 11.3 Å². The normalized spacial score (nSPS) is 13.5. The van der Waals surface area contributed by atoms with Crippen LogP contribution in [0.5, 0.6) is 0 Å². The average molecular weight is 320 g/mol. The van der Waals surface area contributed by atoms with Crippen LogP contribution in [0.1, 0.15) is 37.9 Å². The summed E-state index contributed by atoms with van der Waals surface area (Å²) in [6.45, 7) is 7.27. The number of H-pyrrole nitrogens is 1. The number of imidazole rings is 1. The van der Waals surface area contributed by atoms with Gasteiger partial charge in [-0.25, -0.2) is 4.98 Å². The Morgan fingerprint density at radius 2 is 2.16 bits per heavy atom. The smallest absolute Gasteiger partial charge is 0.121 e. The Labute approximate surface area is 122 Å². The summed E-state index contributed by atoms with van der Waals surface area (Å²) >= 11 is 3.61.